The molecule has 0 aliphatic carbocycles. The molecule has 3 heteroatoms. The van der Waals surface area contributed by atoms with Gasteiger partial charge in [0, 0.05) is 22.3 Å². The fraction of sp³-hybridized carbons (Fsp3) is 0.250. The summed E-state index contributed by atoms with van der Waals surface area (Å²) < 4.78 is 6.74. The number of benzene rings is 2. The monoisotopic (exact) mass is 319 g/mol. The van der Waals surface area contributed by atoms with Crippen molar-refractivity contribution in [1.29, 1.82) is 0 Å². The van der Waals surface area contributed by atoms with Crippen LogP contribution >= 0.6 is 15.9 Å². The Morgan fingerprint density at radius 1 is 1.16 bits per heavy atom. The van der Waals surface area contributed by atoms with Gasteiger partial charge in [-0.15, -0.1) is 0 Å². The summed E-state index contributed by atoms with van der Waals surface area (Å²) in [6, 6.07) is 14.4. The van der Waals surface area contributed by atoms with E-state index < -0.39 is 0 Å². The second-order valence-corrected chi connectivity index (χ2v) is 5.21. The van der Waals surface area contributed by atoms with E-state index in [1.807, 2.05) is 25.1 Å². The highest BCUT2D eigenvalue weighted by Gasteiger charge is 2.03. The van der Waals surface area contributed by atoms with Crippen LogP contribution in [0.5, 0.6) is 5.75 Å². The molecule has 100 valence electrons. The maximum Gasteiger partial charge on any atom is 0.124 e. The molecule has 1 N–H and O–H groups in total. The van der Waals surface area contributed by atoms with Crippen LogP contribution in [0, 0.1) is 6.92 Å². The van der Waals surface area contributed by atoms with Crippen LogP contribution in [0.4, 0.5) is 5.69 Å². The van der Waals surface area contributed by atoms with Gasteiger partial charge in [0.25, 0.3) is 0 Å². The molecule has 0 aromatic heterocycles. The first-order chi connectivity index (χ1) is 9.20. The molecule has 0 aliphatic heterocycles. The Morgan fingerprint density at radius 2 is 1.95 bits per heavy atom. The molecule has 0 saturated carbocycles. The van der Waals surface area contributed by atoms with E-state index in [1.165, 1.54) is 11.1 Å². The van der Waals surface area contributed by atoms with Crippen molar-refractivity contribution in [2.75, 3.05) is 11.9 Å². The van der Waals surface area contributed by atoms with Gasteiger partial charge in [0.05, 0.1) is 6.61 Å². The van der Waals surface area contributed by atoms with Gasteiger partial charge < -0.3 is 10.1 Å². The number of hydrogen-bond acceptors (Lipinski definition) is 2. The highest BCUT2D eigenvalue weighted by molar-refractivity contribution is 9.10. The molecule has 0 fully saturated rings. The Hall–Kier alpha value is -1.48. The van der Waals surface area contributed by atoms with E-state index >= 15 is 0 Å². The van der Waals surface area contributed by atoms with Crippen molar-refractivity contribution < 1.29 is 4.74 Å². The van der Waals surface area contributed by atoms with Crippen LogP contribution in [0.25, 0.3) is 0 Å². The maximum absolute atomic E-state index is 5.62. The van der Waals surface area contributed by atoms with Crippen molar-refractivity contribution in [3.63, 3.8) is 0 Å². The zero-order valence-electron chi connectivity index (χ0n) is 11.2. The van der Waals surface area contributed by atoms with E-state index in [1.54, 1.807) is 0 Å². The molecule has 0 bridgehead atoms. The lowest BCUT2D eigenvalue weighted by Crippen LogP contribution is -2.03. The molecule has 2 aromatic rings. The zero-order valence-corrected chi connectivity index (χ0v) is 12.8. The summed E-state index contributed by atoms with van der Waals surface area (Å²) in [7, 11) is 0. The minimum absolute atomic E-state index is 0.688. The molecule has 0 unspecified atom stereocenters. The Bertz CT molecular complexity index is 554. The summed E-state index contributed by atoms with van der Waals surface area (Å²) >= 11 is 3.55. The highest BCUT2D eigenvalue weighted by atomic mass is 79.9. The second kappa shape index (κ2) is 6.62. The summed E-state index contributed by atoms with van der Waals surface area (Å²) in [5.74, 6) is 0.948. The number of hydrogen-bond donors (Lipinski definition) is 1. The van der Waals surface area contributed by atoms with Crippen molar-refractivity contribution in [3.05, 3.63) is 58.1 Å². The average Bonchev–Trinajstić information content (AvgIpc) is 2.42. The van der Waals surface area contributed by atoms with E-state index in [9.17, 15) is 0 Å². The van der Waals surface area contributed by atoms with Crippen LogP contribution in [-0.4, -0.2) is 6.61 Å². The van der Waals surface area contributed by atoms with E-state index in [0.29, 0.717) is 6.61 Å². The van der Waals surface area contributed by atoms with Crippen molar-refractivity contribution in [3.8, 4) is 5.75 Å². The molecular formula is C16H18BrNO. The van der Waals surface area contributed by atoms with Gasteiger partial charge >= 0.3 is 0 Å². The van der Waals surface area contributed by atoms with Crippen LogP contribution in [-0.2, 0) is 6.54 Å². The molecule has 2 rings (SSSR count). The second-order valence-electron chi connectivity index (χ2n) is 4.36. The number of anilines is 1. The molecule has 0 aliphatic rings. The topological polar surface area (TPSA) is 21.3 Å². The smallest absolute Gasteiger partial charge is 0.124 e. The lowest BCUT2D eigenvalue weighted by molar-refractivity contribution is 0.337. The Labute approximate surface area is 122 Å². The van der Waals surface area contributed by atoms with Gasteiger partial charge in [0.2, 0.25) is 0 Å². The SMILES string of the molecule is CCOc1ccccc1CNc1ccc(C)c(Br)c1. The third kappa shape index (κ3) is 3.74. The standard InChI is InChI=1S/C16H18BrNO/c1-3-19-16-7-5-4-6-13(16)11-18-14-9-8-12(2)15(17)10-14/h4-10,18H,3,11H2,1-2H3. The molecule has 0 atom stereocenters. The van der Waals surface area contributed by atoms with E-state index in [0.717, 1.165) is 22.5 Å². The van der Waals surface area contributed by atoms with Crippen LogP contribution < -0.4 is 10.1 Å². The van der Waals surface area contributed by atoms with E-state index in [-0.39, 0.29) is 0 Å². The number of ether oxygens (including phenoxy) is 1. The molecule has 2 aromatic carbocycles. The van der Waals surface area contributed by atoms with Gasteiger partial charge in [0.15, 0.2) is 0 Å². The number of aryl methyl sites for hydroxylation is 1. The van der Waals surface area contributed by atoms with Crippen LogP contribution in [0.3, 0.4) is 0 Å². The first-order valence-corrected chi connectivity index (χ1v) is 7.20. The summed E-state index contributed by atoms with van der Waals surface area (Å²) in [6.45, 7) is 5.53. The number of nitrogens with one attached hydrogen (secondary N) is 1. The van der Waals surface area contributed by atoms with Crippen molar-refractivity contribution in [2.45, 2.75) is 20.4 Å². The fourth-order valence-electron chi connectivity index (χ4n) is 1.85. The van der Waals surface area contributed by atoms with Gasteiger partial charge in [-0.25, -0.2) is 0 Å². The van der Waals surface area contributed by atoms with Gasteiger partial charge in [-0.2, -0.15) is 0 Å². The Morgan fingerprint density at radius 3 is 2.68 bits per heavy atom. The molecule has 0 amide bonds. The van der Waals surface area contributed by atoms with Crippen LogP contribution in [0.1, 0.15) is 18.1 Å². The first kappa shape index (κ1) is 13.9. The maximum atomic E-state index is 5.62. The van der Waals surface area contributed by atoms with Crippen molar-refractivity contribution in [1.82, 2.24) is 0 Å². The third-order valence-corrected chi connectivity index (χ3v) is 3.78. The fourth-order valence-corrected chi connectivity index (χ4v) is 2.23. The Balaban J connectivity index is 2.07. The third-order valence-electron chi connectivity index (χ3n) is 2.93. The summed E-state index contributed by atoms with van der Waals surface area (Å²) in [4.78, 5) is 0. The normalized spacial score (nSPS) is 10.3. The highest BCUT2D eigenvalue weighted by Crippen LogP contribution is 2.23. The molecule has 19 heavy (non-hydrogen) atoms. The molecule has 0 radical (unpaired) electrons. The molecule has 0 spiro atoms. The van der Waals surface area contributed by atoms with Gasteiger partial charge in [0.1, 0.15) is 5.75 Å². The van der Waals surface area contributed by atoms with Crippen molar-refractivity contribution >= 4 is 21.6 Å². The molecule has 2 nitrogen and oxygen atoms in total. The Kier molecular flexibility index (Phi) is 4.86. The number of para-hydroxylation sites is 1. The van der Waals surface area contributed by atoms with Gasteiger partial charge in [-0.05, 0) is 37.6 Å². The number of rotatable bonds is 5. The minimum atomic E-state index is 0.688. The van der Waals surface area contributed by atoms with E-state index in [2.05, 4.69) is 52.4 Å². The lowest BCUT2D eigenvalue weighted by Gasteiger charge is -2.12. The van der Waals surface area contributed by atoms with E-state index in [4.69, 9.17) is 4.74 Å². The summed E-state index contributed by atoms with van der Waals surface area (Å²) in [6.07, 6.45) is 0. The zero-order chi connectivity index (χ0) is 13.7. The van der Waals surface area contributed by atoms with Gasteiger partial charge in [-0.3, -0.25) is 0 Å². The largest absolute Gasteiger partial charge is 0.494 e. The van der Waals surface area contributed by atoms with Crippen molar-refractivity contribution in [2.24, 2.45) is 0 Å². The molecule has 0 heterocycles. The molecular weight excluding hydrogens is 302 g/mol. The van der Waals surface area contributed by atoms with Crippen LogP contribution in [0.2, 0.25) is 0 Å². The number of halogens is 1. The van der Waals surface area contributed by atoms with Crippen LogP contribution in [0.15, 0.2) is 46.9 Å². The molecule has 0 saturated heterocycles. The average molecular weight is 320 g/mol. The first-order valence-electron chi connectivity index (χ1n) is 6.41. The minimum Gasteiger partial charge on any atom is -0.494 e. The van der Waals surface area contributed by atoms with Gasteiger partial charge in [-0.1, -0.05) is 40.2 Å². The summed E-state index contributed by atoms with van der Waals surface area (Å²) in [5.41, 5.74) is 3.50. The predicted molar refractivity (Wildman–Crippen MR) is 83.8 cm³/mol. The quantitative estimate of drug-likeness (QED) is 0.857. The summed E-state index contributed by atoms with van der Waals surface area (Å²) in [5, 5.41) is 3.42. The predicted octanol–water partition coefficient (Wildman–Crippen LogP) is 4.77. The lowest BCUT2D eigenvalue weighted by atomic mass is 10.2.